The van der Waals surface area contributed by atoms with Crippen molar-refractivity contribution in [2.45, 2.75) is 44.2 Å². The molecule has 0 aromatic rings. The van der Waals surface area contributed by atoms with E-state index in [1.54, 1.807) is 20.8 Å². The van der Waals surface area contributed by atoms with Crippen LogP contribution in [-0.2, 0) is 14.6 Å². The van der Waals surface area contributed by atoms with Crippen molar-refractivity contribution in [1.82, 2.24) is 4.90 Å². The molecule has 0 saturated carbocycles. The number of Topliss-reactive ketones (excluding diaryl/α,β-unsaturated/α-hetero) is 1. The average molecular weight is 233 g/mol. The lowest BCUT2D eigenvalue weighted by Gasteiger charge is -2.37. The molecular formula is C10H19NO3S. The lowest BCUT2D eigenvalue weighted by atomic mass is 10.2. The third-order valence-electron chi connectivity index (χ3n) is 3.24. The fourth-order valence-corrected chi connectivity index (χ4v) is 3.50. The van der Waals surface area contributed by atoms with Gasteiger partial charge in [0.25, 0.3) is 0 Å². The topological polar surface area (TPSA) is 54.5 Å². The molecule has 1 saturated heterocycles. The number of hydrogen-bond acceptors (Lipinski definition) is 4. The molecule has 0 N–H and O–H groups in total. The highest BCUT2D eigenvalue weighted by Gasteiger charge is 2.37. The Bertz CT molecular complexity index is 332. The molecule has 5 heteroatoms. The monoisotopic (exact) mass is 233 g/mol. The number of hydrogen-bond donors (Lipinski definition) is 0. The lowest BCUT2D eigenvalue weighted by molar-refractivity contribution is -0.121. The van der Waals surface area contributed by atoms with Crippen molar-refractivity contribution in [2.24, 2.45) is 0 Å². The second-order valence-corrected chi connectivity index (χ2v) is 7.24. The first kappa shape index (κ1) is 12.6. The van der Waals surface area contributed by atoms with Crippen LogP contribution in [0.3, 0.4) is 0 Å². The van der Waals surface area contributed by atoms with Gasteiger partial charge in [0.15, 0.2) is 9.84 Å². The molecule has 0 amide bonds. The van der Waals surface area contributed by atoms with E-state index >= 15 is 0 Å². The Hall–Kier alpha value is -0.420. The minimum atomic E-state index is -2.99. The molecule has 1 heterocycles. The van der Waals surface area contributed by atoms with Gasteiger partial charge in [-0.25, -0.2) is 8.42 Å². The summed E-state index contributed by atoms with van der Waals surface area (Å²) in [4.78, 5) is 13.2. The highest BCUT2D eigenvalue weighted by molar-refractivity contribution is 7.92. The Morgan fingerprint density at radius 1 is 1.27 bits per heavy atom. The maximum Gasteiger partial charge on any atom is 0.157 e. The van der Waals surface area contributed by atoms with Gasteiger partial charge in [-0.3, -0.25) is 9.69 Å². The molecular weight excluding hydrogens is 214 g/mol. The summed E-state index contributed by atoms with van der Waals surface area (Å²) in [6.07, 6.45) is 0. The molecule has 1 fully saturated rings. The molecule has 4 nitrogen and oxygen atoms in total. The highest BCUT2D eigenvalue weighted by atomic mass is 32.2. The van der Waals surface area contributed by atoms with Gasteiger partial charge in [0.2, 0.25) is 0 Å². The zero-order valence-electron chi connectivity index (χ0n) is 9.73. The smallest absolute Gasteiger partial charge is 0.157 e. The van der Waals surface area contributed by atoms with E-state index in [-0.39, 0.29) is 22.3 Å². The van der Waals surface area contributed by atoms with E-state index in [9.17, 15) is 13.2 Å². The molecule has 0 bridgehead atoms. The largest absolute Gasteiger partial charge is 0.298 e. The molecule has 1 aliphatic rings. The summed E-state index contributed by atoms with van der Waals surface area (Å²) in [5.74, 6) is 0.0914. The molecule has 0 radical (unpaired) electrons. The zero-order valence-corrected chi connectivity index (χ0v) is 10.5. The van der Waals surface area contributed by atoms with Gasteiger partial charge >= 0.3 is 0 Å². The number of nitrogens with zero attached hydrogens (tertiary/aromatic N) is 1. The second-order valence-electron chi connectivity index (χ2n) is 4.45. The van der Waals surface area contributed by atoms with Crippen LogP contribution in [0.2, 0.25) is 0 Å². The van der Waals surface area contributed by atoms with E-state index in [1.165, 1.54) is 0 Å². The summed E-state index contributed by atoms with van der Waals surface area (Å²) in [5.41, 5.74) is 0. The Balaban J connectivity index is 2.82. The molecule has 0 aliphatic carbocycles. The van der Waals surface area contributed by atoms with Crippen molar-refractivity contribution < 1.29 is 13.2 Å². The normalized spacial score (nSPS) is 33.6. The summed E-state index contributed by atoms with van der Waals surface area (Å²) in [5, 5.41) is -0.744. The van der Waals surface area contributed by atoms with Crippen LogP contribution in [0.1, 0.15) is 27.7 Å². The molecule has 0 aromatic heterocycles. The Kier molecular flexibility index (Phi) is 3.55. The molecule has 88 valence electrons. The number of sulfone groups is 1. The first-order valence-electron chi connectivity index (χ1n) is 5.24. The highest BCUT2D eigenvalue weighted by Crippen LogP contribution is 2.20. The van der Waals surface area contributed by atoms with E-state index in [2.05, 4.69) is 0 Å². The summed E-state index contributed by atoms with van der Waals surface area (Å²) >= 11 is 0. The Labute approximate surface area is 91.6 Å². The minimum Gasteiger partial charge on any atom is -0.298 e. The van der Waals surface area contributed by atoms with Gasteiger partial charge in [-0.1, -0.05) is 0 Å². The summed E-state index contributed by atoms with van der Waals surface area (Å²) in [6, 6.07) is -0.176. The van der Waals surface area contributed by atoms with Crippen molar-refractivity contribution in [1.29, 1.82) is 0 Å². The predicted molar refractivity (Wildman–Crippen MR) is 59.6 cm³/mol. The average Bonchev–Trinajstić information content (AvgIpc) is 2.12. The molecule has 0 aromatic carbocycles. The number of carbonyl (C=O) groups excluding carboxylic acids is 1. The van der Waals surface area contributed by atoms with Gasteiger partial charge in [-0.2, -0.15) is 0 Å². The summed E-state index contributed by atoms with van der Waals surface area (Å²) < 4.78 is 23.5. The van der Waals surface area contributed by atoms with Crippen molar-refractivity contribution in [3.05, 3.63) is 0 Å². The van der Waals surface area contributed by atoms with Crippen molar-refractivity contribution >= 4 is 15.6 Å². The number of carbonyl (C=O) groups is 1. The summed E-state index contributed by atoms with van der Waals surface area (Å²) in [6.45, 7) is 7.74. The predicted octanol–water partition coefficient (Wildman–Crippen LogP) is 0.471. The number of rotatable bonds is 2. The lowest BCUT2D eigenvalue weighted by Crippen LogP contribution is -2.54. The Morgan fingerprint density at radius 2 is 1.67 bits per heavy atom. The zero-order chi connectivity index (χ0) is 11.8. The molecule has 0 spiro atoms. The molecule has 3 unspecified atom stereocenters. The first-order chi connectivity index (χ1) is 6.76. The van der Waals surface area contributed by atoms with Crippen LogP contribution in [0.4, 0.5) is 0 Å². The maximum absolute atomic E-state index is 11.7. The van der Waals surface area contributed by atoms with Crippen LogP contribution in [0.15, 0.2) is 0 Å². The van der Waals surface area contributed by atoms with Gasteiger partial charge < -0.3 is 0 Å². The van der Waals surface area contributed by atoms with Gasteiger partial charge in [-0.05, 0) is 27.7 Å². The SMILES string of the molecule is CC(=O)C(C)N1CC(C)S(=O)(=O)C(C)C1. The molecule has 1 rings (SSSR count). The van der Waals surface area contributed by atoms with E-state index in [4.69, 9.17) is 0 Å². The van der Waals surface area contributed by atoms with Crippen LogP contribution < -0.4 is 0 Å². The van der Waals surface area contributed by atoms with E-state index in [1.807, 2.05) is 11.8 Å². The van der Waals surface area contributed by atoms with Gasteiger partial charge in [0.1, 0.15) is 5.78 Å². The van der Waals surface area contributed by atoms with Crippen LogP contribution in [0.5, 0.6) is 0 Å². The maximum atomic E-state index is 11.7. The van der Waals surface area contributed by atoms with E-state index in [0.717, 1.165) is 0 Å². The van der Waals surface area contributed by atoms with Gasteiger partial charge in [0, 0.05) is 13.1 Å². The Morgan fingerprint density at radius 3 is 2.00 bits per heavy atom. The molecule has 15 heavy (non-hydrogen) atoms. The van der Waals surface area contributed by atoms with E-state index < -0.39 is 9.84 Å². The number of ketones is 1. The van der Waals surface area contributed by atoms with Crippen molar-refractivity contribution in [3.8, 4) is 0 Å². The minimum absolute atomic E-state index is 0.0914. The fraction of sp³-hybridized carbons (Fsp3) is 0.900. The second kappa shape index (κ2) is 4.22. The fourth-order valence-electron chi connectivity index (χ4n) is 1.91. The standard InChI is InChI=1S/C10H19NO3S/c1-7-5-11(9(3)10(4)12)6-8(2)15(7,13)14/h7-9H,5-6H2,1-4H3. The van der Waals surface area contributed by atoms with Crippen LogP contribution in [0.25, 0.3) is 0 Å². The summed E-state index contributed by atoms with van der Waals surface area (Å²) in [7, 11) is -2.99. The molecule has 3 atom stereocenters. The van der Waals surface area contributed by atoms with Gasteiger partial charge in [0.05, 0.1) is 16.5 Å². The van der Waals surface area contributed by atoms with Gasteiger partial charge in [-0.15, -0.1) is 0 Å². The van der Waals surface area contributed by atoms with Crippen molar-refractivity contribution in [2.75, 3.05) is 13.1 Å². The third-order valence-corrected chi connectivity index (χ3v) is 5.78. The van der Waals surface area contributed by atoms with Crippen LogP contribution >= 0.6 is 0 Å². The quantitative estimate of drug-likeness (QED) is 0.696. The third kappa shape index (κ3) is 2.39. The van der Waals surface area contributed by atoms with Crippen LogP contribution in [-0.4, -0.2) is 48.7 Å². The van der Waals surface area contributed by atoms with Crippen LogP contribution in [0, 0.1) is 0 Å². The molecule has 1 aliphatic heterocycles. The first-order valence-corrected chi connectivity index (χ1v) is 6.85. The van der Waals surface area contributed by atoms with E-state index in [0.29, 0.717) is 13.1 Å². The van der Waals surface area contributed by atoms with Crippen molar-refractivity contribution in [3.63, 3.8) is 0 Å².